The van der Waals surface area contributed by atoms with Crippen molar-refractivity contribution in [3.05, 3.63) is 64.3 Å². The number of aliphatic hydroxyl groups excluding tert-OH is 7. The molecule has 1 aromatic carbocycles. The van der Waals surface area contributed by atoms with E-state index in [4.69, 9.17) is 45.5 Å². The number of rotatable bonds is 30. The number of unbranched alkanes of at least 4 members (excludes halogenated alkanes) is 3. The molecule has 0 bridgehead atoms. The molecule has 7 atom stereocenters. The van der Waals surface area contributed by atoms with E-state index in [1.807, 2.05) is 4.90 Å². The Labute approximate surface area is 413 Å². The Balaban J connectivity index is 0.00000126. The molecule has 0 spiro atoms. The summed E-state index contributed by atoms with van der Waals surface area (Å²) < 4.78 is 101. The molecule has 1 aliphatic rings. The largest absolute Gasteiger partial charge is 0.479 e. The normalized spacial score (nSPS) is 15.6. The number of alkyl halides is 3. The summed E-state index contributed by atoms with van der Waals surface area (Å²) in [5, 5.41) is 90.3. The Morgan fingerprint density at radius 1 is 0.836 bits per heavy atom. The number of nitrogens with zero attached hydrogens (tertiary/aromatic N) is 7. The highest BCUT2D eigenvalue weighted by Gasteiger charge is 2.42. The Hall–Kier alpha value is -5.41. The number of imidazole rings is 1. The van der Waals surface area contributed by atoms with Crippen LogP contribution < -0.4 is 5.73 Å². The second-order valence-corrected chi connectivity index (χ2v) is 16.7. The van der Waals surface area contributed by atoms with E-state index in [2.05, 4.69) is 22.2 Å². The van der Waals surface area contributed by atoms with Crippen LogP contribution in [0.15, 0.2) is 18.3 Å². The van der Waals surface area contributed by atoms with Gasteiger partial charge in [-0.05, 0) is 31.0 Å². The number of carboxylic acids is 2. The van der Waals surface area contributed by atoms with Crippen LogP contribution in [0.1, 0.15) is 72.3 Å². The van der Waals surface area contributed by atoms with E-state index < -0.39 is 121 Å². The molecule has 2 aromatic heterocycles. The van der Waals surface area contributed by atoms with Crippen molar-refractivity contribution >= 4 is 23.8 Å². The van der Waals surface area contributed by atoms with Gasteiger partial charge in [0.15, 0.2) is 29.5 Å². The molecule has 412 valence electrons. The van der Waals surface area contributed by atoms with Gasteiger partial charge in [0.1, 0.15) is 30.7 Å². The Bertz CT molecular complexity index is 2210. The number of fused-ring (bicyclic) bond motifs is 1. The predicted octanol–water partition coefficient (Wildman–Crippen LogP) is -1.20. The molecule has 11 N–H and O–H groups in total. The topological polar surface area (TPSA) is 359 Å². The third-order valence-corrected chi connectivity index (χ3v) is 11.0. The summed E-state index contributed by atoms with van der Waals surface area (Å²) in [6.45, 7) is 1.34. The predicted molar refractivity (Wildman–Crippen MR) is 235 cm³/mol. The summed E-state index contributed by atoms with van der Waals surface area (Å²) in [5.74, 6) is -10.4. The number of ether oxygens (including phenoxy) is 3. The molecule has 1 amide bonds. The van der Waals surface area contributed by atoms with Gasteiger partial charge in [0, 0.05) is 50.9 Å². The number of carbonyl (C=O) groups excluding carboxylic acids is 2. The average molecular weight is 1060 g/mol. The van der Waals surface area contributed by atoms with Gasteiger partial charge in [-0.25, -0.2) is 37.2 Å². The SMILES string of the molecule is CCCCCCN(Cc1cn(CCOCCOCCOC(=O)c2nc(C(F)(F)F)n3c2CN(C(=O)C[C@H](N)Cc2cc(F)c(F)cc2F)CC3)nn1)CC(O)C(O)C(O)C(O)CO.O=C(O)C(O)C(O)C(=O)O. The molecule has 73 heavy (non-hydrogen) atoms. The number of nitrogens with two attached hydrogens (primary N) is 1. The molecule has 0 aliphatic carbocycles. The van der Waals surface area contributed by atoms with Gasteiger partial charge in [0.25, 0.3) is 0 Å². The monoisotopic (exact) mass is 1060 g/mol. The summed E-state index contributed by atoms with van der Waals surface area (Å²) in [6.07, 6.45) is -11.2. The number of aromatic nitrogens is 5. The van der Waals surface area contributed by atoms with Crippen molar-refractivity contribution in [2.45, 2.75) is 120 Å². The smallest absolute Gasteiger partial charge is 0.449 e. The first kappa shape index (κ1) is 61.9. The van der Waals surface area contributed by atoms with E-state index in [1.165, 1.54) is 0 Å². The number of hydrogen-bond donors (Lipinski definition) is 10. The molecule has 24 nitrogen and oxygen atoms in total. The summed E-state index contributed by atoms with van der Waals surface area (Å²) >= 11 is 0. The first-order valence-corrected chi connectivity index (χ1v) is 22.8. The van der Waals surface area contributed by atoms with Crippen molar-refractivity contribution < 1.29 is 106 Å². The number of aliphatic carboxylic acids is 2. The molecular formula is C43H62F6N8O16. The lowest BCUT2D eigenvalue weighted by Gasteiger charge is -2.30. The summed E-state index contributed by atoms with van der Waals surface area (Å²) in [5.41, 5.74) is 5.43. The van der Waals surface area contributed by atoms with Crippen LogP contribution in [0, 0.1) is 17.5 Å². The fourth-order valence-corrected chi connectivity index (χ4v) is 7.08. The molecule has 3 heterocycles. The van der Waals surface area contributed by atoms with Crippen molar-refractivity contribution in [2.24, 2.45) is 5.73 Å². The fourth-order valence-electron chi connectivity index (χ4n) is 7.08. The van der Waals surface area contributed by atoms with Crippen LogP contribution in [-0.4, -0.2) is 206 Å². The molecule has 1 aliphatic heterocycles. The molecule has 3 aromatic rings. The van der Waals surface area contributed by atoms with Crippen molar-refractivity contribution in [2.75, 3.05) is 59.3 Å². The third-order valence-electron chi connectivity index (χ3n) is 11.0. The van der Waals surface area contributed by atoms with Crippen LogP contribution in [0.4, 0.5) is 26.3 Å². The average Bonchev–Trinajstić information content (AvgIpc) is 3.97. The van der Waals surface area contributed by atoms with Gasteiger partial charge >= 0.3 is 24.1 Å². The van der Waals surface area contributed by atoms with Crippen LogP contribution in [0.2, 0.25) is 0 Å². The second kappa shape index (κ2) is 30.1. The Kier molecular flexibility index (Phi) is 25.5. The van der Waals surface area contributed by atoms with Crippen LogP contribution in [-0.2, 0) is 67.4 Å². The lowest BCUT2D eigenvalue weighted by Crippen LogP contribution is -2.49. The first-order chi connectivity index (χ1) is 34.4. The van der Waals surface area contributed by atoms with Gasteiger partial charge in [0.05, 0.1) is 63.6 Å². The van der Waals surface area contributed by atoms with E-state index >= 15 is 0 Å². The molecule has 0 saturated heterocycles. The fraction of sp³-hybridized carbons (Fsp3) is 0.651. The summed E-state index contributed by atoms with van der Waals surface area (Å²) in [4.78, 5) is 52.1. The lowest BCUT2D eigenvalue weighted by molar-refractivity contribution is -0.165. The van der Waals surface area contributed by atoms with Gasteiger partial charge in [-0.3, -0.25) is 9.69 Å². The minimum atomic E-state index is -4.93. The number of esters is 1. The van der Waals surface area contributed by atoms with Gasteiger partial charge in [0.2, 0.25) is 11.7 Å². The van der Waals surface area contributed by atoms with E-state index in [-0.39, 0.29) is 76.9 Å². The standard InChI is InChI=1S/C39H56F6N8O10.C4H6O6/c1-2-3-4-5-6-50(22-31(55)35(58)36(59)32(56)23-54)19-26-20-52(49-48-26)9-10-61-11-12-62-13-14-63-37(60)34-30-21-51(7-8-53(30)38(47-34)39(43,44)45)33(57)17-25(46)15-24-16-28(41)29(42)18-27(24)40;5-1(3(7)8)2(6)4(9)10/h16,18,20,25,31-32,35-36,54-56,58-59H,2-15,17,19,21-23,46H2,1H3;1-2,5-6H,(H,7,8)(H,9,10)/t25-,31?,32?,35?,36?;/m1./s1. The summed E-state index contributed by atoms with van der Waals surface area (Å²) in [7, 11) is 0. The number of aliphatic hydroxyl groups is 7. The minimum absolute atomic E-state index is 0.0422. The number of hydrogen-bond acceptors (Lipinski definition) is 19. The quantitative estimate of drug-likeness (QED) is 0.0162. The van der Waals surface area contributed by atoms with E-state index in [9.17, 15) is 65.9 Å². The maximum absolute atomic E-state index is 14.1. The van der Waals surface area contributed by atoms with Gasteiger partial charge in [-0.2, -0.15) is 13.2 Å². The number of carbonyl (C=O) groups is 4. The van der Waals surface area contributed by atoms with Crippen LogP contribution in [0.3, 0.4) is 0 Å². The molecule has 4 rings (SSSR count). The van der Waals surface area contributed by atoms with Crippen molar-refractivity contribution in [1.29, 1.82) is 0 Å². The molecule has 0 saturated carbocycles. The van der Waals surface area contributed by atoms with Gasteiger partial charge < -0.3 is 75.4 Å². The number of amides is 1. The highest BCUT2D eigenvalue weighted by Crippen LogP contribution is 2.33. The maximum Gasteiger partial charge on any atom is 0.449 e. The Morgan fingerprint density at radius 3 is 2.07 bits per heavy atom. The molecular weight excluding hydrogens is 999 g/mol. The zero-order chi connectivity index (χ0) is 54.6. The first-order valence-electron chi connectivity index (χ1n) is 22.8. The number of halogens is 6. The number of carboxylic acid groups (broad SMARTS) is 2. The highest BCUT2D eigenvalue weighted by atomic mass is 19.4. The molecule has 30 heteroatoms. The Morgan fingerprint density at radius 2 is 1.45 bits per heavy atom. The van der Waals surface area contributed by atoms with E-state index in [0.717, 1.165) is 35.2 Å². The third kappa shape index (κ3) is 19.8. The van der Waals surface area contributed by atoms with Crippen molar-refractivity contribution in [1.82, 2.24) is 34.3 Å². The molecule has 0 radical (unpaired) electrons. The van der Waals surface area contributed by atoms with E-state index in [1.54, 1.807) is 10.9 Å². The highest BCUT2D eigenvalue weighted by molar-refractivity contribution is 5.89. The zero-order valence-corrected chi connectivity index (χ0v) is 39.6. The summed E-state index contributed by atoms with van der Waals surface area (Å²) in [6, 6.07) is -0.0580. The molecule has 6 unspecified atom stereocenters. The maximum atomic E-state index is 14.1. The lowest BCUT2D eigenvalue weighted by atomic mass is 10.0. The van der Waals surface area contributed by atoms with Gasteiger partial charge in [-0.1, -0.05) is 31.4 Å². The van der Waals surface area contributed by atoms with Crippen LogP contribution in [0.5, 0.6) is 0 Å². The van der Waals surface area contributed by atoms with Crippen molar-refractivity contribution in [3.63, 3.8) is 0 Å². The molecule has 0 fully saturated rings. The van der Waals surface area contributed by atoms with Crippen LogP contribution in [0.25, 0.3) is 0 Å². The van der Waals surface area contributed by atoms with Crippen LogP contribution >= 0.6 is 0 Å². The number of benzene rings is 1. The minimum Gasteiger partial charge on any atom is -0.479 e. The van der Waals surface area contributed by atoms with E-state index in [0.29, 0.717) is 30.9 Å². The second-order valence-electron chi connectivity index (χ2n) is 16.7. The zero-order valence-electron chi connectivity index (χ0n) is 39.6. The van der Waals surface area contributed by atoms with Gasteiger partial charge in [-0.15, -0.1) is 5.10 Å². The van der Waals surface area contributed by atoms with Crippen molar-refractivity contribution in [3.8, 4) is 0 Å².